The van der Waals surface area contributed by atoms with Gasteiger partial charge in [-0.15, -0.1) is 0 Å². The molecule has 0 atom stereocenters. The van der Waals surface area contributed by atoms with Crippen LogP contribution in [0.15, 0.2) is 48.7 Å². The van der Waals surface area contributed by atoms with Crippen LogP contribution in [0.4, 0.5) is 0 Å². The normalized spacial score (nSPS) is 14.5. The van der Waals surface area contributed by atoms with Crippen LogP contribution in [0.3, 0.4) is 0 Å². The van der Waals surface area contributed by atoms with Crippen molar-refractivity contribution in [3.05, 3.63) is 65.6 Å². The summed E-state index contributed by atoms with van der Waals surface area (Å²) in [5, 5.41) is 0. The SMILES string of the molecule is CCc1nc(C2CC2)c(-c2cccc(C)c2)c2c1nc1ccccn12. The van der Waals surface area contributed by atoms with Gasteiger partial charge in [0, 0.05) is 17.7 Å². The fourth-order valence-electron chi connectivity index (χ4n) is 3.80. The molecule has 0 bridgehead atoms. The van der Waals surface area contributed by atoms with Crippen LogP contribution in [0.5, 0.6) is 0 Å². The summed E-state index contributed by atoms with van der Waals surface area (Å²) >= 11 is 0. The molecule has 3 nitrogen and oxygen atoms in total. The summed E-state index contributed by atoms with van der Waals surface area (Å²) in [5.74, 6) is 0.597. The lowest BCUT2D eigenvalue weighted by atomic mass is 9.97. The zero-order valence-electron chi connectivity index (χ0n) is 14.7. The second-order valence-corrected chi connectivity index (χ2v) is 7.05. The van der Waals surface area contributed by atoms with Crippen molar-refractivity contribution in [2.24, 2.45) is 0 Å². The second-order valence-electron chi connectivity index (χ2n) is 7.05. The van der Waals surface area contributed by atoms with Crippen molar-refractivity contribution in [2.75, 3.05) is 0 Å². The van der Waals surface area contributed by atoms with E-state index in [-0.39, 0.29) is 0 Å². The molecule has 1 aromatic carbocycles. The summed E-state index contributed by atoms with van der Waals surface area (Å²) in [5.41, 5.74) is 9.46. The van der Waals surface area contributed by atoms with Crippen LogP contribution in [0.2, 0.25) is 0 Å². The number of fused-ring (bicyclic) bond motifs is 3. The molecule has 3 heteroatoms. The highest BCUT2D eigenvalue weighted by Crippen LogP contribution is 2.46. The Kier molecular flexibility index (Phi) is 3.17. The summed E-state index contributed by atoms with van der Waals surface area (Å²) in [4.78, 5) is 10.0. The monoisotopic (exact) mass is 327 g/mol. The minimum absolute atomic E-state index is 0.597. The Morgan fingerprint density at radius 3 is 2.72 bits per heavy atom. The van der Waals surface area contributed by atoms with Gasteiger partial charge in [-0.3, -0.25) is 9.38 Å². The maximum absolute atomic E-state index is 5.11. The molecule has 1 aliphatic rings. The molecule has 0 radical (unpaired) electrons. The zero-order valence-corrected chi connectivity index (χ0v) is 14.7. The molecule has 1 aliphatic carbocycles. The molecule has 124 valence electrons. The topological polar surface area (TPSA) is 30.2 Å². The average molecular weight is 327 g/mol. The van der Waals surface area contributed by atoms with Crippen LogP contribution < -0.4 is 0 Å². The van der Waals surface area contributed by atoms with Crippen LogP contribution in [-0.4, -0.2) is 14.4 Å². The maximum Gasteiger partial charge on any atom is 0.138 e. The van der Waals surface area contributed by atoms with E-state index >= 15 is 0 Å². The molecule has 0 unspecified atom stereocenters. The quantitative estimate of drug-likeness (QED) is 0.511. The number of imidazole rings is 1. The van der Waals surface area contributed by atoms with Crippen molar-refractivity contribution < 1.29 is 0 Å². The molecule has 25 heavy (non-hydrogen) atoms. The van der Waals surface area contributed by atoms with Crippen molar-refractivity contribution in [1.82, 2.24) is 14.4 Å². The number of pyridine rings is 2. The minimum Gasteiger partial charge on any atom is -0.299 e. The molecule has 4 aromatic rings. The van der Waals surface area contributed by atoms with Gasteiger partial charge in [0.15, 0.2) is 0 Å². The summed E-state index contributed by atoms with van der Waals surface area (Å²) in [6, 6.07) is 15.0. The number of nitrogens with zero attached hydrogens (tertiary/aromatic N) is 3. The van der Waals surface area contributed by atoms with Crippen molar-refractivity contribution >= 4 is 16.7 Å². The van der Waals surface area contributed by atoms with E-state index in [2.05, 4.69) is 66.9 Å². The predicted octanol–water partition coefficient (Wildman–Crippen LogP) is 5.30. The summed E-state index contributed by atoms with van der Waals surface area (Å²) < 4.78 is 2.24. The van der Waals surface area contributed by atoms with Crippen LogP contribution in [0.1, 0.15) is 42.6 Å². The number of benzene rings is 1. The van der Waals surface area contributed by atoms with E-state index in [0.717, 1.165) is 23.3 Å². The Hall–Kier alpha value is -2.68. The lowest BCUT2D eigenvalue weighted by molar-refractivity contribution is 0.961. The molecule has 5 rings (SSSR count). The van der Waals surface area contributed by atoms with Crippen LogP contribution in [0, 0.1) is 6.92 Å². The molecule has 0 N–H and O–H groups in total. The molecule has 1 fully saturated rings. The number of rotatable bonds is 3. The average Bonchev–Trinajstić information content (AvgIpc) is 3.40. The summed E-state index contributed by atoms with van der Waals surface area (Å²) in [6.45, 7) is 4.33. The molecule has 0 aliphatic heterocycles. The Morgan fingerprint density at radius 1 is 1.08 bits per heavy atom. The third-order valence-corrected chi connectivity index (χ3v) is 5.16. The van der Waals surface area contributed by atoms with Gasteiger partial charge >= 0.3 is 0 Å². The Morgan fingerprint density at radius 2 is 1.96 bits per heavy atom. The lowest BCUT2D eigenvalue weighted by Crippen LogP contribution is -2.01. The summed E-state index contributed by atoms with van der Waals surface area (Å²) in [6.07, 6.45) is 5.53. The van der Waals surface area contributed by atoms with Gasteiger partial charge in [0.2, 0.25) is 0 Å². The molecule has 3 aromatic heterocycles. The highest BCUT2D eigenvalue weighted by molar-refractivity contribution is 5.97. The smallest absolute Gasteiger partial charge is 0.138 e. The number of hydrogen-bond donors (Lipinski definition) is 0. The van der Waals surface area contributed by atoms with Crippen molar-refractivity contribution in [1.29, 1.82) is 0 Å². The molecular weight excluding hydrogens is 306 g/mol. The maximum atomic E-state index is 5.11. The van der Waals surface area contributed by atoms with Crippen molar-refractivity contribution in [3.63, 3.8) is 0 Å². The van der Waals surface area contributed by atoms with Crippen molar-refractivity contribution in [2.45, 2.75) is 39.0 Å². The van der Waals surface area contributed by atoms with Crippen LogP contribution in [0.25, 0.3) is 27.8 Å². The van der Waals surface area contributed by atoms with Gasteiger partial charge in [0.1, 0.15) is 11.2 Å². The Labute approximate surface area is 147 Å². The van der Waals surface area contributed by atoms with E-state index in [1.807, 2.05) is 0 Å². The van der Waals surface area contributed by atoms with Gasteiger partial charge in [-0.25, -0.2) is 4.98 Å². The largest absolute Gasteiger partial charge is 0.299 e. The number of hydrogen-bond acceptors (Lipinski definition) is 2. The number of aromatic nitrogens is 3. The van der Waals surface area contributed by atoms with Gasteiger partial charge in [-0.1, -0.05) is 42.8 Å². The van der Waals surface area contributed by atoms with Crippen LogP contribution in [-0.2, 0) is 6.42 Å². The third kappa shape index (κ3) is 2.26. The van der Waals surface area contributed by atoms with Gasteiger partial charge in [0.05, 0.1) is 16.9 Å². The standard InChI is InChI=1S/C22H21N3/c1-3-17-21-22(25-12-5-4-9-18(25)24-21)19(20(23-17)15-10-11-15)16-8-6-7-14(2)13-16/h4-9,12-13,15H,3,10-11H2,1-2H3. The summed E-state index contributed by atoms with van der Waals surface area (Å²) in [7, 11) is 0. The predicted molar refractivity (Wildman–Crippen MR) is 102 cm³/mol. The van der Waals surface area contributed by atoms with Crippen LogP contribution >= 0.6 is 0 Å². The first-order chi connectivity index (χ1) is 12.3. The highest BCUT2D eigenvalue weighted by atomic mass is 15.0. The lowest BCUT2D eigenvalue weighted by Gasteiger charge is -2.13. The zero-order chi connectivity index (χ0) is 17.0. The molecule has 0 spiro atoms. The molecule has 0 amide bonds. The first-order valence-corrected chi connectivity index (χ1v) is 9.13. The van der Waals surface area contributed by atoms with Gasteiger partial charge in [-0.2, -0.15) is 0 Å². The third-order valence-electron chi connectivity index (χ3n) is 5.16. The first kappa shape index (κ1) is 14.6. The van der Waals surface area contributed by atoms with Gasteiger partial charge in [0.25, 0.3) is 0 Å². The second kappa shape index (κ2) is 5.41. The minimum atomic E-state index is 0.597. The fourth-order valence-corrected chi connectivity index (χ4v) is 3.80. The molecule has 0 saturated heterocycles. The Bertz CT molecular complexity index is 1100. The van der Waals surface area contributed by atoms with E-state index in [0.29, 0.717) is 5.92 Å². The first-order valence-electron chi connectivity index (χ1n) is 9.13. The highest BCUT2D eigenvalue weighted by Gasteiger charge is 2.31. The van der Waals surface area contributed by atoms with Gasteiger partial charge in [-0.05, 0) is 43.9 Å². The van der Waals surface area contributed by atoms with E-state index in [4.69, 9.17) is 9.97 Å². The van der Waals surface area contributed by atoms with E-state index in [1.165, 1.54) is 40.7 Å². The van der Waals surface area contributed by atoms with E-state index < -0.39 is 0 Å². The van der Waals surface area contributed by atoms with Crippen molar-refractivity contribution in [3.8, 4) is 11.1 Å². The Balaban J connectivity index is 1.98. The van der Waals surface area contributed by atoms with Gasteiger partial charge < -0.3 is 0 Å². The molecular formula is C22H21N3. The number of aryl methyl sites for hydroxylation is 2. The van der Waals surface area contributed by atoms with E-state index in [9.17, 15) is 0 Å². The van der Waals surface area contributed by atoms with E-state index in [1.54, 1.807) is 0 Å². The molecule has 3 heterocycles. The molecule has 1 saturated carbocycles. The fraction of sp³-hybridized carbons (Fsp3) is 0.273.